The molecule has 1 aliphatic carbocycles. The summed E-state index contributed by atoms with van der Waals surface area (Å²) in [6.07, 6.45) is 5.34. The van der Waals surface area contributed by atoms with Crippen LogP contribution in [0, 0.1) is 29.1 Å². The van der Waals surface area contributed by atoms with E-state index in [1.54, 1.807) is 0 Å². The molecule has 2 fully saturated rings. The summed E-state index contributed by atoms with van der Waals surface area (Å²) in [4.78, 5) is 16.3. The van der Waals surface area contributed by atoms with Crippen LogP contribution in [0.4, 0.5) is 5.69 Å². The van der Waals surface area contributed by atoms with Gasteiger partial charge in [0.25, 0.3) is 0 Å². The molecule has 2 N–H and O–H groups in total. The number of carbonyl (C=O) groups excluding carboxylic acids is 1. The Morgan fingerprint density at radius 1 is 1.15 bits per heavy atom. The number of primary amides is 1. The number of nitrogens with two attached hydrogens (primary N) is 1. The molecule has 1 unspecified atom stereocenters. The average molecular weight is 389 g/mol. The van der Waals surface area contributed by atoms with Crippen LogP contribution in [0.5, 0.6) is 0 Å². The van der Waals surface area contributed by atoms with E-state index in [4.69, 9.17) is 22.6 Å². The first-order valence-corrected chi connectivity index (χ1v) is 10.4. The van der Waals surface area contributed by atoms with E-state index in [0.29, 0.717) is 5.92 Å². The lowest BCUT2D eigenvalue weighted by atomic mass is 9.75. The Morgan fingerprint density at radius 3 is 2.33 bits per heavy atom. The first-order valence-electron chi connectivity index (χ1n) is 9.98. The van der Waals surface area contributed by atoms with Crippen LogP contribution in [0.1, 0.15) is 32.1 Å². The van der Waals surface area contributed by atoms with Crippen LogP contribution in [0.2, 0.25) is 5.02 Å². The lowest BCUT2D eigenvalue weighted by Crippen LogP contribution is -2.47. The number of amides is 1. The van der Waals surface area contributed by atoms with E-state index in [1.807, 2.05) is 12.1 Å². The Bertz CT molecular complexity index is 656. The number of anilines is 1. The quantitative estimate of drug-likeness (QED) is 0.811. The van der Waals surface area contributed by atoms with Crippen molar-refractivity contribution in [3.63, 3.8) is 0 Å². The molecule has 1 saturated carbocycles. The molecule has 1 heterocycles. The first-order chi connectivity index (χ1) is 13.1. The monoisotopic (exact) mass is 388 g/mol. The third kappa shape index (κ3) is 5.37. The molecule has 0 bridgehead atoms. The second-order valence-corrected chi connectivity index (χ2v) is 8.32. The van der Waals surface area contributed by atoms with Gasteiger partial charge in [0.05, 0.1) is 6.07 Å². The summed E-state index contributed by atoms with van der Waals surface area (Å²) in [7, 11) is 0. The number of nitriles is 1. The molecule has 1 aromatic rings. The largest absolute Gasteiger partial charge is 0.369 e. The molecule has 0 aromatic heterocycles. The van der Waals surface area contributed by atoms with E-state index in [1.165, 1.54) is 12.1 Å². The van der Waals surface area contributed by atoms with E-state index >= 15 is 0 Å². The van der Waals surface area contributed by atoms with Gasteiger partial charge < -0.3 is 10.6 Å². The van der Waals surface area contributed by atoms with Gasteiger partial charge in [-0.3, -0.25) is 9.69 Å². The molecule has 27 heavy (non-hydrogen) atoms. The first kappa shape index (κ1) is 20.0. The minimum absolute atomic E-state index is 0.159. The molecular formula is C21H29ClN4O. The number of hydrogen-bond acceptors (Lipinski definition) is 4. The zero-order valence-electron chi connectivity index (χ0n) is 15.8. The Morgan fingerprint density at radius 2 is 1.78 bits per heavy atom. The fourth-order valence-electron chi connectivity index (χ4n) is 4.46. The normalized spacial score (nSPS) is 25.0. The average Bonchev–Trinajstić information content (AvgIpc) is 2.69. The van der Waals surface area contributed by atoms with Crippen molar-refractivity contribution in [3.05, 3.63) is 29.3 Å². The van der Waals surface area contributed by atoms with Gasteiger partial charge in [-0.15, -0.1) is 0 Å². The van der Waals surface area contributed by atoms with Crippen molar-refractivity contribution >= 4 is 23.2 Å². The minimum atomic E-state index is -0.605. The highest BCUT2D eigenvalue weighted by atomic mass is 35.5. The molecule has 1 amide bonds. The fourth-order valence-corrected chi connectivity index (χ4v) is 4.58. The molecule has 6 heteroatoms. The van der Waals surface area contributed by atoms with E-state index < -0.39 is 11.8 Å². The zero-order valence-corrected chi connectivity index (χ0v) is 16.6. The van der Waals surface area contributed by atoms with E-state index in [2.05, 4.69) is 28.0 Å². The number of halogens is 1. The van der Waals surface area contributed by atoms with Gasteiger partial charge in [-0.2, -0.15) is 5.26 Å². The molecule has 3 rings (SSSR count). The molecule has 5 nitrogen and oxygen atoms in total. The van der Waals surface area contributed by atoms with Crippen molar-refractivity contribution < 1.29 is 4.79 Å². The third-order valence-electron chi connectivity index (χ3n) is 6.23. The van der Waals surface area contributed by atoms with Gasteiger partial charge in [-0.05, 0) is 61.9 Å². The molecule has 1 atom stereocenters. The second kappa shape index (κ2) is 9.43. The zero-order chi connectivity index (χ0) is 19.2. The lowest BCUT2D eigenvalue weighted by molar-refractivity contribution is -0.122. The molecule has 1 aromatic carbocycles. The molecule has 1 saturated heterocycles. The standard InChI is InChI=1S/C21H29ClN4O/c22-18-5-7-19(8-6-18)26-13-11-25(12-14-26)10-9-16-1-3-17(4-2-16)20(15-23)21(24)27/h5-8,16-17,20H,1-4,9-14H2,(H2,24,27). The molecule has 146 valence electrons. The van der Waals surface area contributed by atoms with Crippen LogP contribution in [-0.4, -0.2) is 43.5 Å². The summed E-state index contributed by atoms with van der Waals surface area (Å²) >= 11 is 5.97. The van der Waals surface area contributed by atoms with Crippen LogP contribution in [0.3, 0.4) is 0 Å². The summed E-state index contributed by atoms with van der Waals surface area (Å²) < 4.78 is 0. The Balaban J connectivity index is 1.37. The summed E-state index contributed by atoms with van der Waals surface area (Å²) in [5.74, 6) is -0.194. The van der Waals surface area contributed by atoms with Gasteiger partial charge in [-0.1, -0.05) is 24.4 Å². The van der Waals surface area contributed by atoms with Crippen LogP contribution >= 0.6 is 11.6 Å². The number of rotatable bonds is 6. The van der Waals surface area contributed by atoms with Gasteiger partial charge in [0.15, 0.2) is 0 Å². The second-order valence-electron chi connectivity index (χ2n) is 7.88. The number of carbonyl (C=O) groups is 1. The minimum Gasteiger partial charge on any atom is -0.369 e. The van der Waals surface area contributed by atoms with Crippen LogP contribution in [0.25, 0.3) is 0 Å². The lowest BCUT2D eigenvalue weighted by Gasteiger charge is -2.37. The van der Waals surface area contributed by atoms with Gasteiger partial charge in [0.1, 0.15) is 5.92 Å². The maximum absolute atomic E-state index is 11.4. The topological polar surface area (TPSA) is 73.4 Å². The van der Waals surface area contributed by atoms with E-state index in [-0.39, 0.29) is 5.92 Å². The predicted molar refractivity (Wildman–Crippen MR) is 108 cm³/mol. The summed E-state index contributed by atoms with van der Waals surface area (Å²) in [6.45, 7) is 5.43. The predicted octanol–water partition coefficient (Wildman–Crippen LogP) is 3.28. The highest BCUT2D eigenvalue weighted by molar-refractivity contribution is 6.30. The van der Waals surface area contributed by atoms with Gasteiger partial charge in [-0.25, -0.2) is 0 Å². The van der Waals surface area contributed by atoms with Crippen molar-refractivity contribution in [2.45, 2.75) is 32.1 Å². The summed E-state index contributed by atoms with van der Waals surface area (Å²) in [6, 6.07) is 10.2. The van der Waals surface area contributed by atoms with Gasteiger partial charge in [0, 0.05) is 36.9 Å². The van der Waals surface area contributed by atoms with Crippen molar-refractivity contribution in [1.82, 2.24) is 4.90 Å². The fraction of sp³-hybridized carbons (Fsp3) is 0.619. The maximum atomic E-state index is 11.4. The van der Waals surface area contributed by atoms with Crippen molar-refractivity contribution in [2.24, 2.45) is 23.5 Å². The van der Waals surface area contributed by atoms with Crippen LogP contribution in [0.15, 0.2) is 24.3 Å². The molecule has 2 aliphatic rings. The Hall–Kier alpha value is -1.77. The molecule has 0 spiro atoms. The van der Waals surface area contributed by atoms with Crippen molar-refractivity contribution in [1.29, 1.82) is 5.26 Å². The van der Waals surface area contributed by atoms with Gasteiger partial charge in [0.2, 0.25) is 5.91 Å². The summed E-state index contributed by atoms with van der Waals surface area (Å²) in [5.41, 5.74) is 6.60. The maximum Gasteiger partial charge on any atom is 0.235 e. The number of nitrogens with zero attached hydrogens (tertiary/aromatic N) is 3. The number of piperazine rings is 1. The number of benzene rings is 1. The number of hydrogen-bond donors (Lipinski definition) is 1. The highest BCUT2D eigenvalue weighted by Crippen LogP contribution is 2.35. The SMILES string of the molecule is N#CC(C(N)=O)C1CCC(CCN2CCN(c3ccc(Cl)cc3)CC2)CC1. The van der Waals surface area contributed by atoms with Crippen LogP contribution in [-0.2, 0) is 4.79 Å². The smallest absolute Gasteiger partial charge is 0.235 e. The summed E-state index contributed by atoms with van der Waals surface area (Å²) in [5, 5.41) is 9.92. The molecular weight excluding hydrogens is 360 g/mol. The van der Waals surface area contributed by atoms with E-state index in [9.17, 15) is 4.79 Å². The molecule has 1 aliphatic heterocycles. The Labute approximate surface area is 167 Å². The van der Waals surface area contributed by atoms with Crippen molar-refractivity contribution in [2.75, 3.05) is 37.6 Å². The van der Waals surface area contributed by atoms with E-state index in [0.717, 1.165) is 63.4 Å². The van der Waals surface area contributed by atoms with Crippen molar-refractivity contribution in [3.8, 4) is 6.07 Å². The molecule has 0 radical (unpaired) electrons. The van der Waals surface area contributed by atoms with Gasteiger partial charge >= 0.3 is 0 Å². The van der Waals surface area contributed by atoms with Crippen LogP contribution < -0.4 is 10.6 Å². The third-order valence-corrected chi connectivity index (χ3v) is 6.48. The Kier molecular flexibility index (Phi) is 6.98. The highest BCUT2D eigenvalue weighted by Gasteiger charge is 2.31.